The largest absolute Gasteiger partial charge is 0.496 e. The SMILES string of the molecule is COc1ccc(Br)cc1-c1nc(O)cs1. The number of nitrogens with zero attached hydrogens (tertiary/aromatic N) is 1. The predicted octanol–water partition coefficient (Wildman–Crippen LogP) is 3.29. The lowest BCUT2D eigenvalue weighted by atomic mass is 10.2. The monoisotopic (exact) mass is 285 g/mol. The van der Waals surface area contributed by atoms with Gasteiger partial charge >= 0.3 is 0 Å². The summed E-state index contributed by atoms with van der Waals surface area (Å²) in [6.07, 6.45) is 0. The number of ether oxygens (including phenoxy) is 1. The van der Waals surface area contributed by atoms with E-state index >= 15 is 0 Å². The molecule has 0 spiro atoms. The fraction of sp³-hybridized carbons (Fsp3) is 0.100. The molecule has 0 fully saturated rings. The summed E-state index contributed by atoms with van der Waals surface area (Å²) in [5, 5.41) is 11.5. The highest BCUT2D eigenvalue weighted by atomic mass is 79.9. The summed E-state index contributed by atoms with van der Waals surface area (Å²) in [4.78, 5) is 4.00. The maximum atomic E-state index is 9.19. The average molecular weight is 286 g/mol. The van der Waals surface area contributed by atoms with E-state index in [2.05, 4.69) is 20.9 Å². The number of methoxy groups -OCH3 is 1. The molecule has 1 heterocycles. The van der Waals surface area contributed by atoms with Gasteiger partial charge in [-0.15, -0.1) is 11.3 Å². The second kappa shape index (κ2) is 4.20. The molecular formula is C10H8BrNO2S. The smallest absolute Gasteiger partial charge is 0.222 e. The third-order valence-electron chi connectivity index (χ3n) is 1.88. The van der Waals surface area contributed by atoms with Crippen LogP contribution in [0.15, 0.2) is 28.1 Å². The predicted molar refractivity (Wildman–Crippen MR) is 63.5 cm³/mol. The molecule has 0 unspecified atom stereocenters. The fourth-order valence-electron chi connectivity index (χ4n) is 1.24. The molecule has 0 atom stereocenters. The van der Waals surface area contributed by atoms with Crippen molar-refractivity contribution < 1.29 is 9.84 Å². The molecule has 15 heavy (non-hydrogen) atoms. The van der Waals surface area contributed by atoms with Crippen molar-refractivity contribution in [1.82, 2.24) is 4.98 Å². The van der Waals surface area contributed by atoms with E-state index in [1.54, 1.807) is 12.5 Å². The first-order valence-electron chi connectivity index (χ1n) is 4.19. The van der Waals surface area contributed by atoms with Crippen LogP contribution in [0.4, 0.5) is 0 Å². The minimum Gasteiger partial charge on any atom is -0.496 e. The van der Waals surface area contributed by atoms with Crippen molar-refractivity contribution in [3.63, 3.8) is 0 Å². The van der Waals surface area contributed by atoms with Gasteiger partial charge in [0, 0.05) is 4.47 Å². The highest BCUT2D eigenvalue weighted by molar-refractivity contribution is 9.10. The van der Waals surface area contributed by atoms with Crippen LogP contribution in [0.25, 0.3) is 10.6 Å². The van der Waals surface area contributed by atoms with Gasteiger partial charge in [0.2, 0.25) is 5.88 Å². The number of hydrogen-bond acceptors (Lipinski definition) is 4. The van der Waals surface area contributed by atoms with Crippen LogP contribution >= 0.6 is 27.3 Å². The van der Waals surface area contributed by atoms with E-state index in [1.807, 2.05) is 18.2 Å². The van der Waals surface area contributed by atoms with Crippen molar-refractivity contribution in [2.24, 2.45) is 0 Å². The Hall–Kier alpha value is -1.07. The molecule has 0 aliphatic carbocycles. The van der Waals surface area contributed by atoms with Crippen LogP contribution in [0.2, 0.25) is 0 Å². The van der Waals surface area contributed by atoms with E-state index in [4.69, 9.17) is 4.74 Å². The molecule has 0 saturated heterocycles. The van der Waals surface area contributed by atoms with Crippen molar-refractivity contribution in [2.75, 3.05) is 7.11 Å². The van der Waals surface area contributed by atoms with Crippen LogP contribution in [0.1, 0.15) is 0 Å². The van der Waals surface area contributed by atoms with Crippen LogP contribution in [-0.4, -0.2) is 17.2 Å². The maximum absolute atomic E-state index is 9.19. The second-order valence-corrected chi connectivity index (χ2v) is 4.63. The number of thiazole rings is 1. The quantitative estimate of drug-likeness (QED) is 0.921. The van der Waals surface area contributed by atoms with Crippen LogP contribution in [0.5, 0.6) is 11.6 Å². The Bertz CT molecular complexity index is 484. The molecule has 5 heteroatoms. The number of benzene rings is 1. The highest BCUT2D eigenvalue weighted by Gasteiger charge is 2.10. The standard InChI is InChI=1S/C10H8BrNO2S/c1-14-8-3-2-6(11)4-7(8)10-12-9(13)5-15-10/h2-5,13H,1H3. The van der Waals surface area contributed by atoms with Gasteiger partial charge in [-0.2, -0.15) is 0 Å². The summed E-state index contributed by atoms with van der Waals surface area (Å²) in [5.41, 5.74) is 0.872. The van der Waals surface area contributed by atoms with E-state index < -0.39 is 0 Å². The maximum Gasteiger partial charge on any atom is 0.222 e. The van der Waals surface area contributed by atoms with Gasteiger partial charge in [0.1, 0.15) is 10.8 Å². The summed E-state index contributed by atoms with van der Waals surface area (Å²) < 4.78 is 6.18. The zero-order valence-electron chi connectivity index (χ0n) is 7.90. The van der Waals surface area contributed by atoms with E-state index in [0.717, 1.165) is 20.8 Å². The molecule has 0 amide bonds. The minimum atomic E-state index is 0.0389. The molecule has 0 aliphatic rings. The van der Waals surface area contributed by atoms with Crippen LogP contribution in [-0.2, 0) is 0 Å². The van der Waals surface area contributed by atoms with Crippen molar-refractivity contribution in [2.45, 2.75) is 0 Å². The Morgan fingerprint density at radius 1 is 1.47 bits per heavy atom. The lowest BCUT2D eigenvalue weighted by Gasteiger charge is -2.05. The van der Waals surface area contributed by atoms with Gasteiger partial charge in [-0.1, -0.05) is 15.9 Å². The molecule has 3 nitrogen and oxygen atoms in total. The number of aromatic nitrogens is 1. The highest BCUT2D eigenvalue weighted by Crippen LogP contribution is 2.35. The third-order valence-corrected chi connectivity index (χ3v) is 3.24. The topological polar surface area (TPSA) is 42.4 Å². The first kappa shape index (κ1) is 10.4. The first-order chi connectivity index (χ1) is 7.20. The Balaban J connectivity index is 2.55. The van der Waals surface area contributed by atoms with E-state index in [1.165, 1.54) is 11.3 Å². The van der Waals surface area contributed by atoms with E-state index in [9.17, 15) is 5.11 Å². The summed E-state index contributed by atoms with van der Waals surface area (Å²) in [7, 11) is 1.61. The molecular weight excluding hydrogens is 278 g/mol. The molecule has 1 aromatic heterocycles. The molecule has 0 saturated carbocycles. The number of aromatic hydroxyl groups is 1. The Morgan fingerprint density at radius 3 is 2.87 bits per heavy atom. The molecule has 1 N–H and O–H groups in total. The van der Waals surface area contributed by atoms with Gasteiger partial charge in [-0.05, 0) is 18.2 Å². The van der Waals surface area contributed by atoms with Crippen molar-refractivity contribution in [1.29, 1.82) is 0 Å². The van der Waals surface area contributed by atoms with Gasteiger partial charge in [0.25, 0.3) is 0 Å². The van der Waals surface area contributed by atoms with Gasteiger partial charge in [-0.3, -0.25) is 0 Å². The summed E-state index contributed by atoms with van der Waals surface area (Å²) in [6.45, 7) is 0. The van der Waals surface area contributed by atoms with E-state index in [0.29, 0.717) is 0 Å². The Labute approximate surface area is 99.5 Å². The molecule has 2 aromatic rings. The van der Waals surface area contributed by atoms with E-state index in [-0.39, 0.29) is 5.88 Å². The zero-order chi connectivity index (χ0) is 10.8. The van der Waals surface area contributed by atoms with Gasteiger partial charge < -0.3 is 9.84 Å². The normalized spacial score (nSPS) is 10.3. The number of hydrogen-bond donors (Lipinski definition) is 1. The molecule has 2 rings (SSSR count). The number of rotatable bonds is 2. The molecule has 0 radical (unpaired) electrons. The zero-order valence-corrected chi connectivity index (χ0v) is 10.3. The number of halogens is 1. The lowest BCUT2D eigenvalue weighted by molar-refractivity contribution is 0.416. The minimum absolute atomic E-state index is 0.0389. The lowest BCUT2D eigenvalue weighted by Crippen LogP contribution is -1.87. The van der Waals surface area contributed by atoms with Crippen molar-refractivity contribution in [3.8, 4) is 22.2 Å². The van der Waals surface area contributed by atoms with Gasteiger partial charge in [-0.25, -0.2) is 4.98 Å². The Morgan fingerprint density at radius 2 is 2.27 bits per heavy atom. The fourth-order valence-corrected chi connectivity index (χ4v) is 2.30. The molecule has 1 aromatic carbocycles. The third kappa shape index (κ3) is 2.13. The van der Waals surface area contributed by atoms with Gasteiger partial charge in [0.15, 0.2) is 0 Å². The van der Waals surface area contributed by atoms with Crippen LogP contribution < -0.4 is 4.74 Å². The van der Waals surface area contributed by atoms with Crippen molar-refractivity contribution >= 4 is 27.3 Å². The second-order valence-electron chi connectivity index (χ2n) is 2.86. The molecule has 0 bridgehead atoms. The summed E-state index contributed by atoms with van der Waals surface area (Å²) in [6, 6.07) is 5.67. The van der Waals surface area contributed by atoms with Crippen LogP contribution in [0, 0.1) is 0 Å². The van der Waals surface area contributed by atoms with Crippen LogP contribution in [0.3, 0.4) is 0 Å². The summed E-state index contributed by atoms with van der Waals surface area (Å²) >= 11 is 4.77. The summed E-state index contributed by atoms with van der Waals surface area (Å²) in [5.74, 6) is 0.782. The first-order valence-corrected chi connectivity index (χ1v) is 5.86. The van der Waals surface area contributed by atoms with Gasteiger partial charge in [0.05, 0.1) is 18.1 Å². The molecule has 78 valence electrons. The average Bonchev–Trinajstić information content (AvgIpc) is 2.65. The Kier molecular flexibility index (Phi) is 2.93. The molecule has 0 aliphatic heterocycles. The van der Waals surface area contributed by atoms with Crippen molar-refractivity contribution in [3.05, 3.63) is 28.1 Å².